The molecule has 6 heteroatoms. The Balaban J connectivity index is 1.69. The van der Waals surface area contributed by atoms with Gasteiger partial charge in [-0.3, -0.25) is 4.90 Å². The molecule has 0 saturated carbocycles. The van der Waals surface area contributed by atoms with E-state index in [1.165, 1.54) is 5.56 Å². The van der Waals surface area contributed by atoms with Crippen LogP contribution in [0, 0.1) is 0 Å². The predicted octanol–water partition coefficient (Wildman–Crippen LogP) is 2.86. The summed E-state index contributed by atoms with van der Waals surface area (Å²) >= 11 is 0. The maximum absolute atomic E-state index is 13.1. The van der Waals surface area contributed by atoms with Crippen molar-refractivity contribution in [3.05, 3.63) is 65.7 Å². The summed E-state index contributed by atoms with van der Waals surface area (Å²) < 4.78 is 24.5. The van der Waals surface area contributed by atoms with E-state index < -0.39 is 9.84 Å². The number of fused-ring (bicyclic) bond motifs is 1. The number of urea groups is 1. The van der Waals surface area contributed by atoms with Crippen LogP contribution < -0.4 is 4.90 Å². The molecule has 26 heavy (non-hydrogen) atoms. The van der Waals surface area contributed by atoms with E-state index in [4.69, 9.17) is 0 Å². The fourth-order valence-corrected chi connectivity index (χ4v) is 5.89. The molecular formula is C20H22N2O3S. The van der Waals surface area contributed by atoms with Crippen molar-refractivity contribution in [1.82, 2.24) is 4.90 Å². The number of carbonyl (C=O) groups excluding carboxylic acids is 1. The van der Waals surface area contributed by atoms with Gasteiger partial charge < -0.3 is 4.90 Å². The highest BCUT2D eigenvalue weighted by atomic mass is 32.2. The van der Waals surface area contributed by atoms with Crippen LogP contribution in [0.2, 0.25) is 0 Å². The molecule has 0 aromatic heterocycles. The Hall–Kier alpha value is -2.34. The summed E-state index contributed by atoms with van der Waals surface area (Å²) in [6, 6.07) is 16.8. The summed E-state index contributed by atoms with van der Waals surface area (Å²) in [5.74, 6) is 0.0734. The topological polar surface area (TPSA) is 57.7 Å². The van der Waals surface area contributed by atoms with E-state index in [0.717, 1.165) is 17.7 Å². The van der Waals surface area contributed by atoms with Crippen LogP contribution in [-0.4, -0.2) is 42.9 Å². The van der Waals surface area contributed by atoms with Gasteiger partial charge in [0.2, 0.25) is 0 Å². The maximum Gasteiger partial charge on any atom is 0.325 e. The Labute approximate surface area is 154 Å². The van der Waals surface area contributed by atoms with Gasteiger partial charge >= 0.3 is 6.03 Å². The molecule has 2 fully saturated rings. The van der Waals surface area contributed by atoms with Crippen LogP contribution in [0.4, 0.5) is 10.5 Å². The number of hydrogen-bond donors (Lipinski definition) is 0. The molecule has 4 rings (SSSR count). The summed E-state index contributed by atoms with van der Waals surface area (Å²) in [6.07, 6.45) is 0.925. The molecular weight excluding hydrogens is 348 g/mol. The molecule has 2 aliphatic rings. The summed E-state index contributed by atoms with van der Waals surface area (Å²) in [7, 11) is -3.14. The smallest absolute Gasteiger partial charge is 0.314 e. The van der Waals surface area contributed by atoms with E-state index >= 15 is 0 Å². The first-order valence-corrected chi connectivity index (χ1v) is 10.7. The predicted molar refractivity (Wildman–Crippen MR) is 102 cm³/mol. The van der Waals surface area contributed by atoms with Crippen LogP contribution >= 0.6 is 0 Å². The van der Waals surface area contributed by atoms with Gasteiger partial charge in [0.15, 0.2) is 9.84 Å². The average molecular weight is 370 g/mol. The second kappa shape index (κ2) is 6.43. The lowest BCUT2D eigenvalue weighted by atomic mass is 10.1. The third kappa shape index (κ3) is 2.98. The monoisotopic (exact) mass is 370 g/mol. The Morgan fingerprint density at radius 1 is 0.923 bits per heavy atom. The van der Waals surface area contributed by atoms with Gasteiger partial charge in [0.25, 0.3) is 0 Å². The van der Waals surface area contributed by atoms with E-state index in [1.807, 2.05) is 54.6 Å². The van der Waals surface area contributed by atoms with Crippen molar-refractivity contribution in [3.8, 4) is 0 Å². The number of rotatable bonds is 4. The highest BCUT2D eigenvalue weighted by molar-refractivity contribution is 7.91. The molecule has 2 atom stereocenters. The van der Waals surface area contributed by atoms with Gasteiger partial charge in [-0.05, 0) is 29.7 Å². The number of aryl methyl sites for hydroxylation is 1. The van der Waals surface area contributed by atoms with Crippen molar-refractivity contribution in [3.63, 3.8) is 0 Å². The number of sulfone groups is 1. The largest absolute Gasteiger partial charge is 0.325 e. The molecule has 0 unspecified atom stereocenters. The Bertz CT molecular complexity index is 910. The molecule has 2 amide bonds. The fourth-order valence-electron chi connectivity index (χ4n) is 3.94. The molecule has 2 aliphatic heterocycles. The molecule has 0 spiro atoms. The van der Waals surface area contributed by atoms with Crippen LogP contribution in [0.15, 0.2) is 54.6 Å². The molecule has 2 heterocycles. The lowest BCUT2D eigenvalue weighted by Crippen LogP contribution is -2.37. The van der Waals surface area contributed by atoms with Gasteiger partial charge in [0, 0.05) is 12.2 Å². The van der Waals surface area contributed by atoms with Crippen LogP contribution in [0.5, 0.6) is 0 Å². The lowest BCUT2D eigenvalue weighted by Gasteiger charge is -2.23. The lowest BCUT2D eigenvalue weighted by molar-refractivity contribution is 0.206. The second-order valence-electron chi connectivity index (χ2n) is 7.00. The number of nitrogens with zero attached hydrogens (tertiary/aromatic N) is 2. The standard InChI is InChI=1S/C20H22N2O3S/c1-2-15-8-10-17(11-9-15)22-19-14-26(24,25)13-18(19)21(20(22)23)12-16-6-4-3-5-7-16/h3-11,18-19H,2,12-14H2,1H3/t18-,19+/m1/s1. The van der Waals surface area contributed by atoms with Crippen molar-refractivity contribution in [2.24, 2.45) is 0 Å². The van der Waals surface area contributed by atoms with Crippen LogP contribution in [-0.2, 0) is 22.8 Å². The third-order valence-electron chi connectivity index (χ3n) is 5.30. The van der Waals surface area contributed by atoms with Gasteiger partial charge in [0.05, 0.1) is 23.6 Å². The summed E-state index contributed by atoms with van der Waals surface area (Å²) in [6.45, 7) is 2.51. The fraction of sp³-hybridized carbons (Fsp3) is 0.350. The van der Waals surface area contributed by atoms with Gasteiger partial charge in [-0.2, -0.15) is 0 Å². The van der Waals surface area contributed by atoms with Gasteiger partial charge in [-0.25, -0.2) is 13.2 Å². The zero-order valence-corrected chi connectivity index (χ0v) is 15.5. The van der Waals surface area contributed by atoms with Gasteiger partial charge in [-0.1, -0.05) is 49.4 Å². The van der Waals surface area contributed by atoms with Crippen LogP contribution in [0.3, 0.4) is 0 Å². The van der Waals surface area contributed by atoms with Gasteiger partial charge in [-0.15, -0.1) is 0 Å². The van der Waals surface area contributed by atoms with Crippen molar-refractivity contribution in [1.29, 1.82) is 0 Å². The number of benzene rings is 2. The summed E-state index contributed by atoms with van der Waals surface area (Å²) in [4.78, 5) is 16.5. The van der Waals surface area contributed by atoms with Crippen molar-refractivity contribution >= 4 is 21.6 Å². The van der Waals surface area contributed by atoms with E-state index in [-0.39, 0.29) is 29.6 Å². The maximum atomic E-state index is 13.1. The number of carbonyl (C=O) groups is 1. The molecule has 136 valence electrons. The second-order valence-corrected chi connectivity index (χ2v) is 9.15. The van der Waals surface area contributed by atoms with E-state index in [0.29, 0.717) is 6.54 Å². The molecule has 2 aromatic rings. The number of hydrogen-bond acceptors (Lipinski definition) is 3. The molecule has 0 aliphatic carbocycles. The first-order valence-electron chi connectivity index (χ1n) is 8.91. The quantitative estimate of drug-likeness (QED) is 0.778. The SMILES string of the molecule is CCc1ccc(N2C(=O)N(Cc3ccccc3)[C@@H]3CS(=O)(=O)C[C@@H]32)cc1. The third-order valence-corrected chi connectivity index (χ3v) is 6.99. The highest BCUT2D eigenvalue weighted by Gasteiger charge is 2.53. The normalized spacial score (nSPS) is 24.1. The first kappa shape index (κ1) is 17.1. The Kier molecular flexibility index (Phi) is 4.23. The molecule has 2 aromatic carbocycles. The highest BCUT2D eigenvalue weighted by Crippen LogP contribution is 2.36. The van der Waals surface area contributed by atoms with E-state index in [9.17, 15) is 13.2 Å². The summed E-state index contributed by atoms with van der Waals surface area (Å²) in [5.41, 5.74) is 2.97. The van der Waals surface area contributed by atoms with Crippen LogP contribution in [0.1, 0.15) is 18.1 Å². The van der Waals surface area contributed by atoms with Crippen LogP contribution in [0.25, 0.3) is 0 Å². The zero-order chi connectivity index (χ0) is 18.3. The molecule has 2 saturated heterocycles. The minimum atomic E-state index is -3.14. The average Bonchev–Trinajstić information content (AvgIpc) is 3.07. The number of amides is 2. The Morgan fingerprint density at radius 2 is 1.58 bits per heavy atom. The first-order chi connectivity index (χ1) is 12.5. The van der Waals surface area contributed by atoms with Crippen molar-refractivity contribution in [2.45, 2.75) is 32.0 Å². The number of anilines is 1. The Morgan fingerprint density at radius 3 is 2.23 bits per heavy atom. The minimum absolute atomic E-state index is 0.0320. The molecule has 0 N–H and O–H groups in total. The van der Waals surface area contributed by atoms with E-state index in [2.05, 4.69) is 6.92 Å². The zero-order valence-electron chi connectivity index (χ0n) is 14.7. The molecule has 0 radical (unpaired) electrons. The van der Waals surface area contributed by atoms with Gasteiger partial charge in [0.1, 0.15) is 0 Å². The van der Waals surface area contributed by atoms with Crippen molar-refractivity contribution in [2.75, 3.05) is 16.4 Å². The summed E-state index contributed by atoms with van der Waals surface area (Å²) in [5, 5.41) is 0. The molecule has 0 bridgehead atoms. The molecule has 5 nitrogen and oxygen atoms in total. The van der Waals surface area contributed by atoms with Crippen molar-refractivity contribution < 1.29 is 13.2 Å². The van der Waals surface area contributed by atoms with E-state index in [1.54, 1.807) is 9.80 Å². The minimum Gasteiger partial charge on any atom is -0.314 e.